The van der Waals surface area contributed by atoms with Gasteiger partial charge in [0.15, 0.2) is 5.78 Å². The Morgan fingerprint density at radius 1 is 1.00 bits per heavy atom. The summed E-state index contributed by atoms with van der Waals surface area (Å²) in [5, 5.41) is 84.5. The molecule has 136 valence electrons. The molecule has 1 fully saturated rings. The van der Waals surface area contributed by atoms with Crippen LogP contribution in [0.4, 0.5) is 0 Å². The molecule has 1 saturated heterocycles. The van der Waals surface area contributed by atoms with E-state index in [4.69, 9.17) is 16.3 Å². The Kier molecular flexibility index (Phi) is 6.79. The second kappa shape index (κ2) is 8.39. The minimum atomic E-state index is -3.01. The highest BCUT2D eigenvalue weighted by molar-refractivity contribution is 5.88. The Balaban J connectivity index is 2.96. The van der Waals surface area contributed by atoms with Crippen molar-refractivity contribution in [3.63, 3.8) is 0 Å². The van der Waals surface area contributed by atoms with E-state index in [0.29, 0.717) is 0 Å². The third kappa shape index (κ3) is 4.22. The summed E-state index contributed by atoms with van der Waals surface area (Å²) in [6.45, 7) is -1.90. The highest BCUT2D eigenvalue weighted by Gasteiger charge is 2.51. The average Bonchev–Trinajstić information content (AvgIpc) is 2.82. The first-order valence-corrected chi connectivity index (χ1v) is 6.73. The molecule has 0 bridgehead atoms. The van der Waals surface area contributed by atoms with Crippen molar-refractivity contribution < 1.29 is 56.9 Å². The van der Waals surface area contributed by atoms with Crippen LogP contribution < -0.4 is 0 Å². The normalized spacial score (nSPS) is 38.5. The maximum absolute atomic E-state index is 12.1. The molecule has 9 N–H and O–H groups in total. The largest absolute Gasteiger partial charge is 0.394 e. The van der Waals surface area contributed by atoms with E-state index in [0.717, 1.165) is 0 Å². The predicted molar refractivity (Wildman–Crippen MR) is 69.9 cm³/mol. The number of rotatable bonds is 8. The number of aliphatic hydroxyl groups excluding tert-OH is 9. The lowest BCUT2D eigenvalue weighted by Gasteiger charge is -2.26. The van der Waals surface area contributed by atoms with Gasteiger partial charge in [-0.15, -0.1) is 0 Å². The summed E-state index contributed by atoms with van der Waals surface area (Å²) in [6.07, 6.45) is -19.6. The quantitative estimate of drug-likeness (QED) is 0.202. The molecule has 0 aromatic carbocycles. The highest BCUT2D eigenvalue weighted by atomic mass is 16.6. The van der Waals surface area contributed by atoms with Gasteiger partial charge in [-0.25, -0.2) is 0 Å². The van der Waals surface area contributed by atoms with E-state index in [1.165, 1.54) is 0 Å². The predicted octanol–water partition coefficient (Wildman–Crippen LogP) is -6.17. The van der Waals surface area contributed by atoms with Gasteiger partial charge in [-0.05, 0) is 0 Å². The van der Waals surface area contributed by atoms with Gasteiger partial charge in [0, 0.05) is 0 Å². The molecule has 9 atom stereocenters. The zero-order valence-electron chi connectivity index (χ0n) is 12.9. The maximum Gasteiger partial charge on any atom is 0.195 e. The summed E-state index contributed by atoms with van der Waals surface area (Å²) in [5.74, 6) is -1.67. The molecule has 1 aliphatic heterocycles. The van der Waals surface area contributed by atoms with E-state index >= 15 is 0 Å². The molecule has 1 rings (SSSR count). The lowest BCUT2D eigenvalue weighted by molar-refractivity contribution is -0.161. The van der Waals surface area contributed by atoms with Crippen molar-refractivity contribution in [2.45, 2.75) is 54.9 Å². The van der Waals surface area contributed by atoms with Crippen molar-refractivity contribution in [1.82, 2.24) is 0 Å². The summed E-state index contributed by atoms with van der Waals surface area (Å²) >= 11 is 0. The second-order valence-corrected chi connectivity index (χ2v) is 5.17. The Bertz CT molecular complexity index is 437. The number of aliphatic hydroxyl groups is 9. The molecule has 1 heterocycles. The van der Waals surface area contributed by atoms with Crippen LogP contribution in [0, 0.1) is 0 Å². The van der Waals surface area contributed by atoms with Gasteiger partial charge >= 0.3 is 0 Å². The van der Waals surface area contributed by atoms with Crippen LogP contribution in [0.2, 0.25) is 0 Å². The summed E-state index contributed by atoms with van der Waals surface area (Å²) in [4.78, 5) is 12.1. The number of ether oxygens (including phenoxy) is 1. The minimum Gasteiger partial charge on any atom is -0.394 e. The molecule has 0 aromatic heterocycles. The van der Waals surface area contributed by atoms with Crippen LogP contribution in [0.5, 0.6) is 0 Å². The first-order valence-electron chi connectivity index (χ1n) is 7.23. The van der Waals surface area contributed by atoms with E-state index < -0.39 is 73.9 Å². The van der Waals surface area contributed by atoms with Crippen molar-refractivity contribution in [3.8, 4) is 0 Å². The SMILES string of the molecule is [2H]C1(C(=O)[C@H](O)[C@@H](O)[C@@H](O)[C@H](O)CO)O[C@@H]([C@H](O)CO)[C@H](O)[C@H]1O. The van der Waals surface area contributed by atoms with E-state index in [-0.39, 0.29) is 0 Å². The first-order chi connectivity index (χ1) is 11.0. The second-order valence-electron chi connectivity index (χ2n) is 5.17. The van der Waals surface area contributed by atoms with Crippen LogP contribution in [-0.2, 0) is 9.53 Å². The molecule has 0 amide bonds. The monoisotopic (exact) mass is 343 g/mol. The van der Waals surface area contributed by atoms with Crippen LogP contribution >= 0.6 is 0 Å². The fourth-order valence-corrected chi connectivity index (χ4v) is 2.06. The Morgan fingerprint density at radius 3 is 2.04 bits per heavy atom. The number of carbonyl (C=O) groups is 1. The minimum absolute atomic E-state index is 0.911. The highest BCUT2D eigenvalue weighted by Crippen LogP contribution is 2.26. The van der Waals surface area contributed by atoms with Crippen molar-refractivity contribution in [3.05, 3.63) is 0 Å². The van der Waals surface area contributed by atoms with Crippen molar-refractivity contribution in [2.24, 2.45) is 0 Å². The topological polar surface area (TPSA) is 208 Å². The number of hydrogen-bond donors (Lipinski definition) is 9. The summed E-state index contributed by atoms with van der Waals surface area (Å²) < 4.78 is 12.6. The van der Waals surface area contributed by atoms with Crippen LogP contribution in [-0.4, -0.2) is 120 Å². The standard InChI is InChI=1S/C12H22O11/c13-1-3(15)5(17)6(18)7(19)8(20)12-10(22)9(21)11(23-12)4(16)2-14/h3-7,9-19,21-22H,1-2H2/t3-,4-,5+,6+,7-,9-,10-,11+,12?/m1/s1/i12D. The summed E-state index contributed by atoms with van der Waals surface area (Å²) in [7, 11) is 0. The lowest BCUT2D eigenvalue weighted by atomic mass is 9.94. The molecule has 23 heavy (non-hydrogen) atoms. The maximum atomic E-state index is 12.1. The molecular weight excluding hydrogens is 320 g/mol. The molecule has 0 radical (unpaired) electrons. The number of Topliss-reactive ketones (excluding diaryl/α,β-unsaturated/α-hetero) is 1. The van der Waals surface area contributed by atoms with Crippen LogP contribution in [0.1, 0.15) is 1.37 Å². The average molecular weight is 343 g/mol. The third-order valence-electron chi connectivity index (χ3n) is 3.52. The van der Waals surface area contributed by atoms with Gasteiger partial charge in [-0.3, -0.25) is 4.79 Å². The van der Waals surface area contributed by atoms with Gasteiger partial charge in [-0.1, -0.05) is 0 Å². The smallest absolute Gasteiger partial charge is 0.195 e. The molecule has 0 aromatic rings. The molecule has 0 aliphatic carbocycles. The molecule has 0 saturated carbocycles. The molecule has 11 heteroatoms. The summed E-state index contributed by atoms with van der Waals surface area (Å²) in [6, 6.07) is 0. The zero-order valence-corrected chi connectivity index (χ0v) is 11.9. The van der Waals surface area contributed by atoms with E-state index in [2.05, 4.69) is 0 Å². The molecular formula is C12H22O11. The van der Waals surface area contributed by atoms with E-state index in [1.807, 2.05) is 0 Å². The third-order valence-corrected chi connectivity index (χ3v) is 3.52. The number of carbonyl (C=O) groups excluding carboxylic acids is 1. The molecule has 0 spiro atoms. The van der Waals surface area contributed by atoms with Crippen LogP contribution in [0.3, 0.4) is 0 Å². The van der Waals surface area contributed by atoms with E-state index in [9.17, 15) is 40.5 Å². The van der Waals surface area contributed by atoms with Gasteiger partial charge in [0.1, 0.15) is 54.9 Å². The van der Waals surface area contributed by atoms with Crippen LogP contribution in [0.25, 0.3) is 0 Å². The fraction of sp³-hybridized carbons (Fsp3) is 0.917. The lowest BCUT2D eigenvalue weighted by Crippen LogP contribution is -2.52. The first kappa shape index (κ1) is 18.6. The van der Waals surface area contributed by atoms with E-state index in [1.54, 1.807) is 0 Å². The molecule has 1 aliphatic rings. The Morgan fingerprint density at radius 2 is 1.57 bits per heavy atom. The zero-order chi connectivity index (χ0) is 18.8. The molecule has 11 nitrogen and oxygen atoms in total. The van der Waals surface area contributed by atoms with Gasteiger partial charge in [0.25, 0.3) is 0 Å². The van der Waals surface area contributed by atoms with Crippen molar-refractivity contribution in [2.75, 3.05) is 13.2 Å². The number of ketones is 1. The van der Waals surface area contributed by atoms with Gasteiger partial charge in [0.2, 0.25) is 0 Å². The van der Waals surface area contributed by atoms with Gasteiger partial charge in [0.05, 0.1) is 14.6 Å². The fourth-order valence-electron chi connectivity index (χ4n) is 2.06. The van der Waals surface area contributed by atoms with Crippen molar-refractivity contribution in [1.29, 1.82) is 0 Å². The van der Waals surface area contributed by atoms with Gasteiger partial charge < -0.3 is 50.7 Å². The van der Waals surface area contributed by atoms with Crippen molar-refractivity contribution >= 4 is 5.78 Å². The Hall–Kier alpha value is -0.730. The van der Waals surface area contributed by atoms with Crippen LogP contribution in [0.15, 0.2) is 0 Å². The molecule has 1 unspecified atom stereocenters. The number of hydrogen-bond acceptors (Lipinski definition) is 11. The van der Waals surface area contributed by atoms with Gasteiger partial charge in [-0.2, -0.15) is 0 Å². The summed E-state index contributed by atoms with van der Waals surface area (Å²) in [5.41, 5.74) is 0. The Labute approximate surface area is 132 Å².